The predicted molar refractivity (Wildman–Crippen MR) is 62.3 cm³/mol. The maximum atomic E-state index is 12.5. The molecule has 1 amide bonds. The molecule has 0 aliphatic rings. The van der Waals surface area contributed by atoms with Gasteiger partial charge in [0.25, 0.3) is 9.84 Å². The Labute approximate surface area is 108 Å². The van der Waals surface area contributed by atoms with E-state index in [1.807, 2.05) is 0 Å². The first kappa shape index (κ1) is 15.5. The van der Waals surface area contributed by atoms with E-state index in [9.17, 15) is 26.4 Å². The van der Waals surface area contributed by atoms with Gasteiger partial charge in [-0.25, -0.2) is 8.42 Å². The zero-order valence-electron chi connectivity index (χ0n) is 10.2. The Hall–Kier alpha value is -1.57. The van der Waals surface area contributed by atoms with Gasteiger partial charge < -0.3 is 5.73 Å². The number of carbonyl (C=O) groups excluding carboxylic acids is 1. The number of hydrogen-bond donors (Lipinski definition) is 1. The molecule has 1 rings (SSSR count). The normalized spacial score (nSPS) is 12.5. The minimum Gasteiger partial charge on any atom is -0.366 e. The summed E-state index contributed by atoms with van der Waals surface area (Å²) >= 11 is 0. The highest BCUT2D eigenvalue weighted by atomic mass is 32.2. The first-order chi connectivity index (χ1) is 8.52. The van der Waals surface area contributed by atoms with E-state index in [-0.39, 0.29) is 23.1 Å². The Bertz CT molecular complexity index is 621. The third-order valence-electron chi connectivity index (χ3n) is 2.63. The number of carbonyl (C=O) groups is 1. The van der Waals surface area contributed by atoms with Gasteiger partial charge in [-0.2, -0.15) is 13.2 Å². The average Bonchev–Trinajstić information content (AvgIpc) is 2.25. The Morgan fingerprint density at radius 2 is 1.84 bits per heavy atom. The Kier molecular flexibility index (Phi) is 3.94. The van der Waals surface area contributed by atoms with Gasteiger partial charge in [0.1, 0.15) is 0 Å². The number of amides is 1. The fraction of sp³-hybridized carbons (Fsp3) is 0.364. The number of hydrogen-bond acceptors (Lipinski definition) is 3. The summed E-state index contributed by atoms with van der Waals surface area (Å²) < 4.78 is 60.0. The third-order valence-corrected chi connectivity index (χ3v) is 4.10. The van der Waals surface area contributed by atoms with Crippen molar-refractivity contribution in [2.45, 2.75) is 30.7 Å². The van der Waals surface area contributed by atoms with Crippen LogP contribution in [0.25, 0.3) is 0 Å². The monoisotopic (exact) mass is 295 g/mol. The summed E-state index contributed by atoms with van der Waals surface area (Å²) in [5.41, 5.74) is 0.0903. The number of rotatable bonds is 3. The maximum Gasteiger partial charge on any atom is 0.501 e. The molecule has 0 unspecified atom stereocenters. The van der Waals surface area contributed by atoms with Crippen LogP contribution >= 0.6 is 0 Å². The van der Waals surface area contributed by atoms with Crippen LogP contribution < -0.4 is 5.73 Å². The van der Waals surface area contributed by atoms with Crippen LogP contribution in [0.3, 0.4) is 0 Å². The molecule has 0 saturated carbocycles. The molecule has 8 heteroatoms. The average molecular weight is 295 g/mol. The number of sulfone groups is 1. The van der Waals surface area contributed by atoms with Crippen LogP contribution in [0.4, 0.5) is 13.2 Å². The molecule has 0 bridgehead atoms. The van der Waals surface area contributed by atoms with Gasteiger partial charge in [-0.3, -0.25) is 4.79 Å². The highest BCUT2D eigenvalue weighted by Crippen LogP contribution is 2.32. The van der Waals surface area contributed by atoms with E-state index in [1.54, 1.807) is 6.92 Å². The van der Waals surface area contributed by atoms with Crippen molar-refractivity contribution in [2.24, 2.45) is 5.73 Å². The van der Waals surface area contributed by atoms with Crippen molar-refractivity contribution in [3.8, 4) is 0 Å². The molecule has 0 saturated heterocycles. The zero-order valence-corrected chi connectivity index (χ0v) is 11.0. The van der Waals surface area contributed by atoms with E-state index in [1.165, 1.54) is 6.92 Å². The molecule has 0 aromatic heterocycles. The van der Waals surface area contributed by atoms with E-state index in [0.29, 0.717) is 0 Å². The molecule has 0 atom stereocenters. The molecule has 0 radical (unpaired) electrons. The minimum atomic E-state index is -5.43. The second-order valence-electron chi connectivity index (χ2n) is 3.94. The fourth-order valence-corrected chi connectivity index (χ4v) is 2.64. The molecule has 1 aromatic carbocycles. The number of aryl methyl sites for hydroxylation is 2. The standard InChI is InChI=1S/C11H12F3NO3S/c1-3-7-5-8(19(17,18)11(12,13)14)4-6(2)9(7)10(15)16/h4-5H,3H2,1-2H3,(H2,15,16). The van der Waals surface area contributed by atoms with E-state index in [0.717, 1.165) is 12.1 Å². The van der Waals surface area contributed by atoms with Gasteiger partial charge in [0.05, 0.1) is 4.90 Å². The van der Waals surface area contributed by atoms with Gasteiger partial charge in [0, 0.05) is 5.56 Å². The van der Waals surface area contributed by atoms with Crippen molar-refractivity contribution in [1.29, 1.82) is 0 Å². The van der Waals surface area contributed by atoms with Crippen LogP contribution in [0.15, 0.2) is 17.0 Å². The summed E-state index contributed by atoms with van der Waals surface area (Å²) in [6.45, 7) is 2.93. The zero-order chi connectivity index (χ0) is 15.0. The summed E-state index contributed by atoms with van der Waals surface area (Å²) in [4.78, 5) is 10.3. The van der Waals surface area contributed by atoms with Gasteiger partial charge in [0.15, 0.2) is 0 Å². The van der Waals surface area contributed by atoms with Crippen molar-refractivity contribution in [3.05, 3.63) is 28.8 Å². The summed E-state index contributed by atoms with van der Waals surface area (Å²) in [6.07, 6.45) is 0.195. The van der Waals surface area contributed by atoms with Crippen molar-refractivity contribution in [1.82, 2.24) is 0 Å². The molecular formula is C11H12F3NO3S. The van der Waals surface area contributed by atoms with Crippen molar-refractivity contribution in [3.63, 3.8) is 0 Å². The van der Waals surface area contributed by atoms with Gasteiger partial charge in [-0.1, -0.05) is 6.92 Å². The largest absolute Gasteiger partial charge is 0.501 e. The first-order valence-electron chi connectivity index (χ1n) is 5.27. The Balaban J connectivity index is 3.60. The van der Waals surface area contributed by atoms with Gasteiger partial charge >= 0.3 is 5.51 Å². The number of alkyl halides is 3. The Morgan fingerprint density at radius 1 is 1.32 bits per heavy atom. The summed E-state index contributed by atoms with van der Waals surface area (Å²) in [7, 11) is -5.43. The molecule has 0 fully saturated rings. The number of primary amides is 1. The second kappa shape index (κ2) is 4.84. The number of halogens is 3. The maximum absolute atomic E-state index is 12.5. The lowest BCUT2D eigenvalue weighted by atomic mass is 10.00. The lowest BCUT2D eigenvalue weighted by Crippen LogP contribution is -2.24. The van der Waals surface area contributed by atoms with E-state index in [2.05, 4.69) is 0 Å². The molecular weight excluding hydrogens is 283 g/mol. The van der Waals surface area contributed by atoms with Crippen molar-refractivity contribution < 1.29 is 26.4 Å². The third kappa shape index (κ3) is 2.73. The molecule has 1 aromatic rings. The van der Waals surface area contributed by atoms with Crippen LogP contribution in [0.5, 0.6) is 0 Å². The molecule has 106 valence electrons. The van der Waals surface area contributed by atoms with Crippen LogP contribution in [-0.4, -0.2) is 19.8 Å². The molecule has 0 spiro atoms. The first-order valence-corrected chi connectivity index (χ1v) is 6.75. The van der Waals surface area contributed by atoms with Crippen LogP contribution in [-0.2, 0) is 16.3 Å². The molecule has 2 N–H and O–H groups in total. The Morgan fingerprint density at radius 3 is 2.21 bits per heavy atom. The lowest BCUT2D eigenvalue weighted by molar-refractivity contribution is -0.0436. The summed E-state index contributed by atoms with van der Waals surface area (Å²) in [5.74, 6) is -0.801. The predicted octanol–water partition coefficient (Wildman–Crippen LogP) is 1.95. The molecule has 4 nitrogen and oxygen atoms in total. The van der Waals surface area contributed by atoms with Crippen LogP contribution in [0, 0.1) is 6.92 Å². The van der Waals surface area contributed by atoms with Gasteiger partial charge in [-0.05, 0) is 36.6 Å². The SMILES string of the molecule is CCc1cc(S(=O)(=O)C(F)(F)F)cc(C)c1C(N)=O. The van der Waals surface area contributed by atoms with E-state index < -0.39 is 26.1 Å². The molecule has 0 aliphatic carbocycles. The highest BCUT2D eigenvalue weighted by molar-refractivity contribution is 7.92. The topological polar surface area (TPSA) is 77.2 Å². The van der Waals surface area contributed by atoms with Gasteiger partial charge in [0.2, 0.25) is 5.91 Å². The van der Waals surface area contributed by atoms with Crippen LogP contribution in [0.2, 0.25) is 0 Å². The van der Waals surface area contributed by atoms with Gasteiger partial charge in [-0.15, -0.1) is 0 Å². The lowest BCUT2D eigenvalue weighted by Gasteiger charge is -2.13. The number of benzene rings is 1. The van der Waals surface area contributed by atoms with E-state index in [4.69, 9.17) is 5.73 Å². The quantitative estimate of drug-likeness (QED) is 0.925. The van der Waals surface area contributed by atoms with Crippen molar-refractivity contribution >= 4 is 15.7 Å². The summed E-state index contributed by atoms with van der Waals surface area (Å²) in [6, 6.07) is 1.65. The van der Waals surface area contributed by atoms with E-state index >= 15 is 0 Å². The molecule has 0 aliphatic heterocycles. The number of nitrogens with two attached hydrogens (primary N) is 1. The second-order valence-corrected chi connectivity index (χ2v) is 5.88. The summed E-state index contributed by atoms with van der Waals surface area (Å²) in [5, 5.41) is 0. The molecule has 0 heterocycles. The molecule has 19 heavy (non-hydrogen) atoms. The fourth-order valence-electron chi connectivity index (χ4n) is 1.74. The van der Waals surface area contributed by atoms with Crippen molar-refractivity contribution in [2.75, 3.05) is 0 Å². The minimum absolute atomic E-state index is 0.0589. The smallest absolute Gasteiger partial charge is 0.366 e. The highest BCUT2D eigenvalue weighted by Gasteiger charge is 2.47. The van der Waals surface area contributed by atoms with Crippen LogP contribution in [0.1, 0.15) is 28.4 Å².